The van der Waals surface area contributed by atoms with Crippen LogP contribution in [0.15, 0.2) is 37.3 Å². The van der Waals surface area contributed by atoms with Gasteiger partial charge in [0.1, 0.15) is 0 Å². The summed E-state index contributed by atoms with van der Waals surface area (Å²) in [5.41, 5.74) is 1.51. The summed E-state index contributed by atoms with van der Waals surface area (Å²) in [6.45, 7) is 23.6. The van der Waals surface area contributed by atoms with Crippen LogP contribution in [0.5, 0.6) is 5.75 Å². The number of fused-ring (bicyclic) bond motifs is 15. The van der Waals surface area contributed by atoms with Crippen molar-refractivity contribution in [3.05, 3.63) is 48.6 Å². The minimum Gasteiger partial charge on any atom is -0.491 e. The summed E-state index contributed by atoms with van der Waals surface area (Å²) >= 11 is 0. The maximum Gasteiger partial charge on any atom is 0.157 e. The topological polar surface area (TPSA) is 202 Å². The van der Waals surface area contributed by atoms with Crippen molar-refractivity contribution in [3.63, 3.8) is 0 Å². The van der Waals surface area contributed by atoms with Crippen LogP contribution in [0.25, 0.3) is 0 Å². The van der Waals surface area contributed by atoms with E-state index in [0.717, 1.165) is 133 Å². The Morgan fingerprint density at radius 3 is 1.18 bits per heavy atom. The van der Waals surface area contributed by atoms with Gasteiger partial charge in [0.05, 0.1) is 93.5 Å². The molecule has 12 fully saturated rings. The monoisotopic (exact) mass is 1360 g/mol. The number of aliphatic hydroxyl groups is 3. The lowest BCUT2D eigenvalue weighted by atomic mass is 9.43. The van der Waals surface area contributed by atoms with Gasteiger partial charge in [0.2, 0.25) is 0 Å². The highest BCUT2D eigenvalue weighted by atomic mass is 16.5. The van der Waals surface area contributed by atoms with Crippen LogP contribution in [0.2, 0.25) is 0 Å². The Hall–Kier alpha value is -3.80. The van der Waals surface area contributed by atoms with Gasteiger partial charge >= 0.3 is 0 Å². The fraction of sp³-hybridized carbons (Fsp3) is 0.854. The van der Waals surface area contributed by atoms with Gasteiger partial charge in [-0.05, 0) is 324 Å². The van der Waals surface area contributed by atoms with E-state index in [1.54, 1.807) is 17.2 Å². The molecule has 12 aliphatic rings. The van der Waals surface area contributed by atoms with Crippen LogP contribution in [-0.4, -0.2) is 126 Å². The van der Waals surface area contributed by atoms with E-state index in [1.165, 1.54) is 77.0 Å². The third kappa shape index (κ3) is 13.1. The lowest BCUT2D eigenvalue weighted by molar-refractivity contribution is -0.175. The van der Waals surface area contributed by atoms with Crippen LogP contribution in [0.3, 0.4) is 0 Å². The molecule has 24 atom stereocenters. The number of Topliss-reactive ketones (excluding diaryl/α,β-unsaturated/α-hetero) is 3. The molecule has 0 unspecified atom stereocenters. The van der Waals surface area contributed by atoms with Crippen LogP contribution in [0, 0.1) is 135 Å². The third-order valence-corrected chi connectivity index (χ3v) is 31.8. The summed E-state index contributed by atoms with van der Waals surface area (Å²) in [6.07, 6.45) is 40.9. The van der Waals surface area contributed by atoms with Crippen molar-refractivity contribution in [2.45, 2.75) is 272 Å². The number of hydrogen-bond acceptors (Lipinski definition) is 13. The molecule has 16 heteroatoms. The Morgan fingerprint density at radius 1 is 0.459 bits per heavy atom. The number of aryl methyl sites for hydroxylation is 2. The average Bonchev–Trinajstić information content (AvgIpc) is 1.38. The molecule has 0 aromatic carbocycles. The predicted octanol–water partition coefficient (Wildman–Crippen LogP) is 14.5. The largest absolute Gasteiger partial charge is 0.491 e. The Labute approximate surface area is 587 Å². The molecule has 98 heavy (non-hydrogen) atoms. The van der Waals surface area contributed by atoms with Crippen molar-refractivity contribution in [1.82, 2.24) is 29.1 Å². The Kier molecular flexibility index (Phi) is 20.5. The number of carbonyl (C=O) groups is 3. The molecule has 546 valence electrons. The molecule has 0 bridgehead atoms. The minimum absolute atomic E-state index is 0.0927. The van der Waals surface area contributed by atoms with E-state index >= 15 is 0 Å². The Morgan fingerprint density at radius 2 is 0.837 bits per heavy atom. The quantitative estimate of drug-likeness (QED) is 0.115. The summed E-state index contributed by atoms with van der Waals surface area (Å²) in [5, 5.41) is 41.2. The fourth-order valence-electron chi connectivity index (χ4n) is 27.6. The van der Waals surface area contributed by atoms with Crippen LogP contribution >= 0.6 is 0 Å². The number of rotatable bonds is 17. The van der Waals surface area contributed by atoms with Gasteiger partial charge in [-0.15, -0.1) is 0 Å². The van der Waals surface area contributed by atoms with Crippen molar-refractivity contribution in [2.75, 3.05) is 47.8 Å². The van der Waals surface area contributed by atoms with Crippen LogP contribution in [-0.2, 0) is 48.2 Å². The number of aromatic nitrogens is 6. The molecule has 0 aliphatic heterocycles. The van der Waals surface area contributed by atoms with E-state index in [0.29, 0.717) is 115 Å². The molecular weight excluding hydrogens is 1230 g/mol. The van der Waals surface area contributed by atoms with E-state index in [4.69, 9.17) is 18.9 Å². The first-order chi connectivity index (χ1) is 46.6. The molecule has 3 N–H and O–H groups in total. The van der Waals surface area contributed by atoms with E-state index in [-0.39, 0.29) is 50.2 Å². The predicted molar refractivity (Wildman–Crippen MR) is 378 cm³/mol. The molecular formula is C82H128N6O10. The number of methoxy groups -OCH3 is 3. The molecule has 3 aromatic heterocycles. The number of ether oxygens (including phenoxy) is 4. The zero-order chi connectivity index (χ0) is 69.6. The van der Waals surface area contributed by atoms with Gasteiger partial charge in [-0.1, -0.05) is 20.8 Å². The number of ketones is 3. The minimum atomic E-state index is -0.530. The maximum atomic E-state index is 13.5. The van der Waals surface area contributed by atoms with Gasteiger partial charge in [0.15, 0.2) is 23.1 Å². The molecule has 15 rings (SSSR count). The van der Waals surface area contributed by atoms with Crippen molar-refractivity contribution >= 4 is 17.3 Å². The van der Waals surface area contributed by atoms with Gasteiger partial charge in [-0.3, -0.25) is 23.7 Å². The molecule has 12 aliphatic carbocycles. The summed E-state index contributed by atoms with van der Waals surface area (Å²) in [7, 11) is 5.57. The van der Waals surface area contributed by atoms with Gasteiger partial charge in [0, 0.05) is 51.5 Å². The molecule has 3 heterocycles. The van der Waals surface area contributed by atoms with Crippen molar-refractivity contribution in [2.24, 2.45) is 121 Å². The SMILES string of the molecule is CCOc1cnn(CC(=O)[C@H]2CC[C@H]3[C@@H]4CC[C@H]5C[C@](C)(O)CC[C@]5(COC)[C@H]4CC[C@]23C)c1.COC[C@]12CC[C@@](C)(O)C[C@@H]1CC[C@H]1[C@@H]3CC[C@H](C(=O)Cn4cc(C)cn4)[C@@]3(C)CC[C@@H]12.COC[C@]12CC[C@@](C)(O)C[C@@H]1CC[C@H]1[C@@H]3CC[C@H](C(=O)Cn4cnc(C)c4)[C@@]3(C)CC[C@@H]12. The molecule has 0 radical (unpaired) electrons. The Bertz CT molecular complexity index is 3160. The Balaban J connectivity index is 0.000000132. The fourth-order valence-corrected chi connectivity index (χ4v) is 27.6. The number of nitrogens with zero attached hydrogens (tertiary/aromatic N) is 6. The maximum absolute atomic E-state index is 13.5. The summed E-state index contributed by atoms with van der Waals surface area (Å²) < 4.78 is 28.7. The second kappa shape index (κ2) is 27.7. The highest BCUT2D eigenvalue weighted by Crippen LogP contribution is 2.72. The first-order valence-corrected chi connectivity index (χ1v) is 39.4. The van der Waals surface area contributed by atoms with Crippen LogP contribution in [0.1, 0.15) is 233 Å². The molecule has 0 spiro atoms. The summed E-state index contributed by atoms with van der Waals surface area (Å²) in [5.74, 6) is 10.0. The normalized spacial score (nSPS) is 45.0. The first-order valence-electron chi connectivity index (χ1n) is 39.4. The molecule has 3 aromatic rings. The third-order valence-electron chi connectivity index (χ3n) is 31.8. The van der Waals surface area contributed by atoms with Gasteiger partial charge in [-0.2, -0.15) is 10.2 Å². The van der Waals surface area contributed by atoms with Crippen LogP contribution in [0.4, 0.5) is 0 Å². The lowest BCUT2D eigenvalue weighted by Crippen LogP contribution is -2.58. The zero-order valence-corrected chi connectivity index (χ0v) is 62.5. The van der Waals surface area contributed by atoms with Gasteiger partial charge < -0.3 is 38.8 Å². The smallest absolute Gasteiger partial charge is 0.157 e. The van der Waals surface area contributed by atoms with E-state index in [1.807, 2.05) is 96.9 Å². The molecule has 0 saturated heterocycles. The van der Waals surface area contributed by atoms with Gasteiger partial charge in [-0.25, -0.2) is 4.98 Å². The van der Waals surface area contributed by atoms with Crippen molar-refractivity contribution in [1.29, 1.82) is 0 Å². The standard InChI is InChI=1S/C28H44N2O4.2C27H42N2O3/c1-5-34-20-15-29-30(16-20)17-25(31)24-9-8-22-21-7-6-19-14-26(2,32)12-13-28(19,18-33-4)23(21)10-11-27(22,24)3;1-18-14-29(17-28-18)15-24(30)23-8-7-21-20-6-5-19-13-25(2,31)11-12-27(19,16-32-4)22(20)9-10-26(21,23)3;1-18-14-28-29(15-18)16-24(30)23-8-7-21-20-6-5-19-13-25(2,31)11-12-27(19,17-32-4)22(20)9-10-26(21,23)3/h15-16,19,21-24,32H,5-14,17-18H2,1-4H3;14,17,19-23,31H,5-13,15-16H2,1-4H3;14-15,19-23,31H,5-13,16-17H2,1-4H3/t19-,21-,22-,23-,24+,26+,27-,28+;2*19-,20-,21-,22-,23+,25+,26-,27+/m000/s1. The van der Waals surface area contributed by atoms with Gasteiger partial charge in [0.25, 0.3) is 0 Å². The molecule has 16 nitrogen and oxygen atoms in total. The highest BCUT2D eigenvalue weighted by Gasteiger charge is 2.67. The second-order valence-electron chi connectivity index (χ2n) is 37.2. The van der Waals surface area contributed by atoms with E-state index in [9.17, 15) is 29.7 Å². The van der Waals surface area contributed by atoms with Crippen molar-refractivity contribution < 1.29 is 48.7 Å². The highest BCUT2D eigenvalue weighted by molar-refractivity contribution is 5.83. The van der Waals surface area contributed by atoms with E-state index < -0.39 is 16.8 Å². The second-order valence-corrected chi connectivity index (χ2v) is 37.2. The number of hydrogen-bond donors (Lipinski definition) is 3. The molecule has 12 saturated carbocycles. The zero-order valence-electron chi connectivity index (χ0n) is 62.5. The number of carbonyl (C=O) groups excluding carboxylic acids is 3. The lowest BCUT2D eigenvalue weighted by Gasteiger charge is -2.62. The molecule has 0 amide bonds. The first kappa shape index (κ1) is 72.5. The van der Waals surface area contributed by atoms with E-state index in [2.05, 4.69) is 36.0 Å². The van der Waals surface area contributed by atoms with Crippen molar-refractivity contribution in [3.8, 4) is 5.75 Å². The number of imidazole rings is 1. The van der Waals surface area contributed by atoms with Crippen LogP contribution < -0.4 is 4.74 Å². The summed E-state index contributed by atoms with van der Waals surface area (Å²) in [4.78, 5) is 44.6. The summed E-state index contributed by atoms with van der Waals surface area (Å²) in [6, 6.07) is 0. The average molecular weight is 1360 g/mol.